The standard InChI is InChI=1S/C19H23N5O/c1-13(25)24-11-9-15-17(12-24)22-19(16-8-4-5-10-20-16)23-18(15)21-14-6-2-3-7-14/h4-5,8,10,14H,2-3,6-7,9,11-12H2,1H3,(H,21,22,23). The van der Waals surface area contributed by atoms with Crippen molar-refractivity contribution < 1.29 is 4.79 Å². The molecule has 0 atom stereocenters. The summed E-state index contributed by atoms with van der Waals surface area (Å²) in [6, 6.07) is 6.24. The molecule has 0 bridgehead atoms. The topological polar surface area (TPSA) is 71.0 Å². The number of nitrogens with zero attached hydrogens (tertiary/aromatic N) is 4. The van der Waals surface area contributed by atoms with Crippen LogP contribution >= 0.6 is 0 Å². The molecule has 1 aliphatic carbocycles. The molecule has 0 radical (unpaired) electrons. The third-order valence-electron chi connectivity index (χ3n) is 5.10. The number of aromatic nitrogens is 3. The number of carbonyl (C=O) groups excluding carboxylic acids is 1. The molecule has 1 fully saturated rings. The Labute approximate surface area is 147 Å². The zero-order valence-corrected chi connectivity index (χ0v) is 14.5. The molecule has 0 saturated heterocycles. The van der Waals surface area contributed by atoms with Crippen molar-refractivity contribution in [3.05, 3.63) is 35.7 Å². The molecule has 1 N–H and O–H groups in total. The van der Waals surface area contributed by atoms with E-state index in [2.05, 4.69) is 10.3 Å². The van der Waals surface area contributed by atoms with Gasteiger partial charge in [-0.25, -0.2) is 9.97 Å². The normalized spacial score (nSPS) is 17.4. The molecule has 25 heavy (non-hydrogen) atoms. The summed E-state index contributed by atoms with van der Waals surface area (Å²) in [5.41, 5.74) is 2.86. The van der Waals surface area contributed by atoms with E-state index in [9.17, 15) is 4.79 Å². The minimum atomic E-state index is 0.0916. The van der Waals surface area contributed by atoms with Crippen LogP contribution in [0.5, 0.6) is 0 Å². The highest BCUT2D eigenvalue weighted by atomic mass is 16.2. The van der Waals surface area contributed by atoms with Crippen LogP contribution in [0.3, 0.4) is 0 Å². The highest BCUT2D eigenvalue weighted by Gasteiger charge is 2.26. The van der Waals surface area contributed by atoms with Gasteiger partial charge in [0.2, 0.25) is 5.91 Å². The Balaban J connectivity index is 1.73. The van der Waals surface area contributed by atoms with Gasteiger partial charge in [0, 0.05) is 31.3 Å². The number of pyridine rings is 1. The minimum Gasteiger partial charge on any atom is -0.367 e. The van der Waals surface area contributed by atoms with Crippen molar-refractivity contribution in [2.45, 2.75) is 51.6 Å². The first-order valence-corrected chi connectivity index (χ1v) is 9.04. The van der Waals surface area contributed by atoms with Crippen LogP contribution in [0.25, 0.3) is 11.5 Å². The molecule has 2 aliphatic rings. The largest absolute Gasteiger partial charge is 0.367 e. The molecule has 3 heterocycles. The first kappa shape index (κ1) is 16.0. The first-order chi connectivity index (χ1) is 12.2. The van der Waals surface area contributed by atoms with Gasteiger partial charge in [-0.15, -0.1) is 0 Å². The average Bonchev–Trinajstić information content (AvgIpc) is 3.15. The predicted molar refractivity (Wildman–Crippen MR) is 95.9 cm³/mol. The number of nitrogens with one attached hydrogen (secondary N) is 1. The van der Waals surface area contributed by atoms with Crippen molar-refractivity contribution in [2.24, 2.45) is 0 Å². The van der Waals surface area contributed by atoms with Crippen LogP contribution in [-0.4, -0.2) is 38.3 Å². The maximum atomic E-state index is 11.8. The van der Waals surface area contributed by atoms with Crippen molar-refractivity contribution in [1.82, 2.24) is 19.9 Å². The number of hydrogen-bond donors (Lipinski definition) is 1. The number of carbonyl (C=O) groups is 1. The van der Waals surface area contributed by atoms with Crippen LogP contribution < -0.4 is 5.32 Å². The summed E-state index contributed by atoms with van der Waals surface area (Å²) in [7, 11) is 0. The Morgan fingerprint density at radius 3 is 2.80 bits per heavy atom. The molecular weight excluding hydrogens is 314 g/mol. The highest BCUT2D eigenvalue weighted by Crippen LogP contribution is 2.29. The second-order valence-electron chi connectivity index (χ2n) is 6.85. The Hall–Kier alpha value is -2.50. The summed E-state index contributed by atoms with van der Waals surface area (Å²) in [5.74, 6) is 1.65. The van der Waals surface area contributed by atoms with E-state index in [1.165, 1.54) is 25.7 Å². The number of anilines is 1. The van der Waals surface area contributed by atoms with Crippen LogP contribution in [0.1, 0.15) is 43.9 Å². The number of rotatable bonds is 3. The summed E-state index contributed by atoms with van der Waals surface area (Å²) in [5, 5.41) is 3.64. The monoisotopic (exact) mass is 337 g/mol. The van der Waals surface area contributed by atoms with E-state index >= 15 is 0 Å². The van der Waals surface area contributed by atoms with E-state index in [-0.39, 0.29) is 5.91 Å². The molecule has 1 aliphatic heterocycles. The van der Waals surface area contributed by atoms with Crippen molar-refractivity contribution in [2.75, 3.05) is 11.9 Å². The van der Waals surface area contributed by atoms with Crippen LogP contribution in [0.2, 0.25) is 0 Å². The Kier molecular flexibility index (Phi) is 4.34. The summed E-state index contributed by atoms with van der Waals surface area (Å²) < 4.78 is 0. The Morgan fingerprint density at radius 1 is 1.24 bits per heavy atom. The second kappa shape index (κ2) is 6.78. The van der Waals surface area contributed by atoms with Crippen molar-refractivity contribution in [1.29, 1.82) is 0 Å². The summed E-state index contributed by atoms with van der Waals surface area (Å²) >= 11 is 0. The van der Waals surface area contributed by atoms with E-state index in [4.69, 9.17) is 9.97 Å². The van der Waals surface area contributed by atoms with Gasteiger partial charge in [-0.1, -0.05) is 18.9 Å². The van der Waals surface area contributed by atoms with Gasteiger partial charge in [0.15, 0.2) is 5.82 Å². The smallest absolute Gasteiger partial charge is 0.219 e. The third-order valence-corrected chi connectivity index (χ3v) is 5.10. The van der Waals surface area contributed by atoms with Crippen molar-refractivity contribution in [3.63, 3.8) is 0 Å². The molecule has 1 amide bonds. The van der Waals surface area contributed by atoms with Gasteiger partial charge >= 0.3 is 0 Å². The van der Waals surface area contributed by atoms with E-state index in [1.807, 2.05) is 23.1 Å². The number of amides is 1. The van der Waals surface area contributed by atoms with Gasteiger partial charge in [-0.05, 0) is 31.4 Å². The van der Waals surface area contributed by atoms with Gasteiger partial charge in [-0.3, -0.25) is 9.78 Å². The van der Waals surface area contributed by atoms with E-state index in [1.54, 1.807) is 13.1 Å². The zero-order valence-electron chi connectivity index (χ0n) is 14.5. The summed E-state index contributed by atoms with van der Waals surface area (Å²) in [4.78, 5) is 27.6. The lowest BCUT2D eigenvalue weighted by Crippen LogP contribution is -2.35. The van der Waals surface area contributed by atoms with Gasteiger partial charge in [0.1, 0.15) is 11.5 Å². The summed E-state index contributed by atoms with van der Waals surface area (Å²) in [6.45, 7) is 2.89. The van der Waals surface area contributed by atoms with Crippen LogP contribution in [0.15, 0.2) is 24.4 Å². The average molecular weight is 337 g/mol. The number of fused-ring (bicyclic) bond motifs is 1. The molecule has 130 valence electrons. The molecule has 0 spiro atoms. The van der Waals surface area contributed by atoms with Gasteiger partial charge in [0.05, 0.1) is 12.2 Å². The molecule has 0 aromatic carbocycles. The van der Waals surface area contributed by atoms with Crippen molar-refractivity contribution in [3.8, 4) is 11.5 Å². The maximum Gasteiger partial charge on any atom is 0.219 e. The van der Waals surface area contributed by atoms with E-state index < -0.39 is 0 Å². The molecule has 0 unspecified atom stereocenters. The first-order valence-electron chi connectivity index (χ1n) is 9.04. The lowest BCUT2D eigenvalue weighted by Gasteiger charge is -2.29. The molecule has 1 saturated carbocycles. The minimum absolute atomic E-state index is 0.0916. The van der Waals surface area contributed by atoms with Gasteiger partial charge in [0.25, 0.3) is 0 Å². The Bertz CT molecular complexity index is 771. The second-order valence-corrected chi connectivity index (χ2v) is 6.85. The Morgan fingerprint density at radius 2 is 2.08 bits per heavy atom. The molecular formula is C19H23N5O. The highest BCUT2D eigenvalue weighted by molar-refractivity contribution is 5.74. The summed E-state index contributed by atoms with van der Waals surface area (Å²) in [6.07, 6.45) is 7.48. The fourth-order valence-corrected chi connectivity index (χ4v) is 3.69. The maximum absolute atomic E-state index is 11.8. The SMILES string of the molecule is CC(=O)N1CCc2c(nc(-c3ccccn3)nc2NC2CCCC2)C1. The van der Waals surface area contributed by atoms with E-state index in [0.29, 0.717) is 18.4 Å². The van der Waals surface area contributed by atoms with Crippen molar-refractivity contribution >= 4 is 11.7 Å². The third kappa shape index (κ3) is 3.34. The fourth-order valence-electron chi connectivity index (χ4n) is 3.69. The lowest BCUT2D eigenvalue weighted by molar-refractivity contribution is -0.129. The van der Waals surface area contributed by atoms with Gasteiger partial charge in [-0.2, -0.15) is 0 Å². The fraction of sp³-hybridized carbons (Fsp3) is 0.474. The van der Waals surface area contributed by atoms with Gasteiger partial charge < -0.3 is 10.2 Å². The number of hydrogen-bond acceptors (Lipinski definition) is 5. The van der Waals surface area contributed by atoms with Crippen LogP contribution in [0.4, 0.5) is 5.82 Å². The molecule has 6 heteroatoms. The molecule has 4 rings (SSSR count). The van der Waals surface area contributed by atoms with Crippen LogP contribution in [-0.2, 0) is 17.8 Å². The van der Waals surface area contributed by atoms with Crippen LogP contribution in [0, 0.1) is 0 Å². The molecule has 2 aromatic heterocycles. The molecule has 2 aromatic rings. The zero-order chi connectivity index (χ0) is 17.2. The quantitative estimate of drug-likeness (QED) is 0.932. The predicted octanol–water partition coefficient (Wildman–Crippen LogP) is 2.80. The lowest BCUT2D eigenvalue weighted by atomic mass is 10.0. The molecule has 6 nitrogen and oxygen atoms in total. The van der Waals surface area contributed by atoms with E-state index in [0.717, 1.165) is 35.7 Å².